The Balaban J connectivity index is 3.58. The van der Waals surface area contributed by atoms with Crippen molar-refractivity contribution in [1.29, 1.82) is 0 Å². The molecule has 1 aromatic rings. The Morgan fingerprint density at radius 1 is 1.11 bits per heavy atom. The van der Waals surface area contributed by atoms with Gasteiger partial charge in [0.15, 0.2) is 11.5 Å². The van der Waals surface area contributed by atoms with Gasteiger partial charge in [-0.15, -0.1) is 12.8 Å². The highest BCUT2D eigenvalue weighted by molar-refractivity contribution is 5.98. The second-order valence-corrected chi connectivity index (χ2v) is 3.60. The molecule has 0 radical (unpaired) electrons. The molecule has 0 saturated carbocycles. The first kappa shape index (κ1) is 14.3. The summed E-state index contributed by atoms with van der Waals surface area (Å²) >= 11 is 0. The third kappa shape index (κ3) is 2.41. The standard InChI is InChI=1S/C14H12O5/c1-4-7-19-14(18)10-8(5-2)11(15)13(17)12(16)9(10)6-3/h2-3,15-17H,4,7H2,1H3. The van der Waals surface area contributed by atoms with Gasteiger partial charge < -0.3 is 20.1 Å². The fourth-order valence-corrected chi connectivity index (χ4v) is 1.46. The first-order chi connectivity index (χ1) is 8.99. The predicted molar refractivity (Wildman–Crippen MR) is 67.9 cm³/mol. The zero-order valence-corrected chi connectivity index (χ0v) is 10.2. The second kappa shape index (κ2) is 5.70. The van der Waals surface area contributed by atoms with Gasteiger partial charge in [-0.25, -0.2) is 4.79 Å². The zero-order valence-electron chi connectivity index (χ0n) is 10.2. The highest BCUT2D eigenvalue weighted by Gasteiger charge is 2.26. The van der Waals surface area contributed by atoms with Crippen LogP contribution in [-0.2, 0) is 4.74 Å². The molecule has 19 heavy (non-hydrogen) atoms. The van der Waals surface area contributed by atoms with Crippen LogP contribution in [-0.4, -0.2) is 27.9 Å². The van der Waals surface area contributed by atoms with Gasteiger partial charge >= 0.3 is 5.97 Å². The molecule has 0 spiro atoms. The van der Waals surface area contributed by atoms with Crippen LogP contribution in [0.1, 0.15) is 34.8 Å². The van der Waals surface area contributed by atoms with Crippen molar-refractivity contribution in [2.75, 3.05) is 6.61 Å². The molecule has 3 N–H and O–H groups in total. The molecule has 1 aromatic carbocycles. The molecule has 0 saturated heterocycles. The Morgan fingerprint density at radius 3 is 1.95 bits per heavy atom. The van der Waals surface area contributed by atoms with Crippen LogP contribution in [0.25, 0.3) is 0 Å². The van der Waals surface area contributed by atoms with Crippen molar-refractivity contribution in [2.45, 2.75) is 13.3 Å². The van der Waals surface area contributed by atoms with Gasteiger partial charge in [-0.2, -0.15) is 0 Å². The van der Waals surface area contributed by atoms with E-state index in [2.05, 4.69) is 0 Å². The zero-order chi connectivity index (χ0) is 14.6. The van der Waals surface area contributed by atoms with Gasteiger partial charge in [-0.3, -0.25) is 0 Å². The number of terminal acetylenes is 2. The number of aromatic hydroxyl groups is 3. The molecule has 0 aliphatic carbocycles. The van der Waals surface area contributed by atoms with E-state index in [0.29, 0.717) is 6.42 Å². The summed E-state index contributed by atoms with van der Waals surface area (Å²) in [6.45, 7) is 1.93. The minimum Gasteiger partial charge on any atom is -0.503 e. The monoisotopic (exact) mass is 260 g/mol. The first-order valence-corrected chi connectivity index (χ1v) is 5.40. The first-order valence-electron chi connectivity index (χ1n) is 5.40. The van der Waals surface area contributed by atoms with Crippen LogP contribution in [0.5, 0.6) is 17.2 Å². The molecule has 0 fully saturated rings. The molecule has 0 unspecified atom stereocenters. The summed E-state index contributed by atoms with van der Waals surface area (Å²) in [5.74, 6) is 0.779. The lowest BCUT2D eigenvalue weighted by Crippen LogP contribution is -2.11. The minimum absolute atomic E-state index is 0.134. The smallest absolute Gasteiger partial charge is 0.340 e. The van der Waals surface area contributed by atoms with E-state index in [4.69, 9.17) is 17.6 Å². The van der Waals surface area contributed by atoms with E-state index in [0.717, 1.165) is 0 Å². The highest BCUT2D eigenvalue weighted by Crippen LogP contribution is 2.42. The number of esters is 1. The number of benzene rings is 1. The number of hydrogen-bond donors (Lipinski definition) is 3. The number of carbonyl (C=O) groups excluding carboxylic acids is 1. The van der Waals surface area contributed by atoms with Crippen LogP contribution in [0, 0.1) is 24.7 Å². The van der Waals surface area contributed by atoms with Crippen LogP contribution in [0.3, 0.4) is 0 Å². The van der Waals surface area contributed by atoms with Gasteiger partial charge in [-0.05, 0) is 6.42 Å². The van der Waals surface area contributed by atoms with E-state index < -0.39 is 23.2 Å². The number of hydrogen-bond acceptors (Lipinski definition) is 5. The summed E-state index contributed by atoms with van der Waals surface area (Å²) in [6.07, 6.45) is 10.9. The van der Waals surface area contributed by atoms with Gasteiger partial charge in [0, 0.05) is 0 Å². The van der Waals surface area contributed by atoms with Crippen molar-refractivity contribution in [2.24, 2.45) is 0 Å². The van der Waals surface area contributed by atoms with Crippen molar-refractivity contribution in [3.63, 3.8) is 0 Å². The predicted octanol–water partition coefficient (Wildman–Crippen LogP) is 1.33. The SMILES string of the molecule is C#Cc1c(O)c(O)c(O)c(C#C)c1C(=O)OCCC. The Hall–Kier alpha value is -2.79. The molecule has 0 atom stereocenters. The molecule has 0 aromatic heterocycles. The van der Waals surface area contributed by atoms with Crippen molar-refractivity contribution in [3.05, 3.63) is 16.7 Å². The Bertz CT molecular complexity index is 561. The highest BCUT2D eigenvalue weighted by atomic mass is 16.5. The molecular formula is C14H12O5. The summed E-state index contributed by atoms with van der Waals surface area (Å²) in [5.41, 5.74) is -0.944. The molecule has 0 aliphatic heterocycles. The topological polar surface area (TPSA) is 87.0 Å². The van der Waals surface area contributed by atoms with Gasteiger partial charge in [-0.1, -0.05) is 18.8 Å². The van der Waals surface area contributed by atoms with Crippen LogP contribution < -0.4 is 0 Å². The number of rotatable bonds is 3. The molecule has 1 rings (SSSR count). The van der Waals surface area contributed by atoms with Gasteiger partial charge in [0.2, 0.25) is 5.75 Å². The van der Waals surface area contributed by atoms with E-state index in [1.54, 1.807) is 6.92 Å². The van der Waals surface area contributed by atoms with Crippen LogP contribution >= 0.6 is 0 Å². The van der Waals surface area contributed by atoms with Crippen molar-refractivity contribution in [3.8, 4) is 41.9 Å². The number of carbonyl (C=O) groups is 1. The third-order valence-electron chi connectivity index (χ3n) is 2.35. The maximum Gasteiger partial charge on any atom is 0.340 e. The molecule has 5 nitrogen and oxygen atoms in total. The third-order valence-corrected chi connectivity index (χ3v) is 2.35. The summed E-state index contributed by atoms with van der Waals surface area (Å²) in [4.78, 5) is 11.9. The fraction of sp³-hybridized carbons (Fsp3) is 0.214. The van der Waals surface area contributed by atoms with Crippen LogP contribution in [0.2, 0.25) is 0 Å². The van der Waals surface area contributed by atoms with E-state index in [1.807, 2.05) is 11.8 Å². The van der Waals surface area contributed by atoms with Crippen molar-refractivity contribution in [1.82, 2.24) is 0 Å². The maximum atomic E-state index is 11.9. The lowest BCUT2D eigenvalue weighted by Gasteiger charge is -2.12. The average molecular weight is 260 g/mol. The molecule has 0 bridgehead atoms. The molecular weight excluding hydrogens is 248 g/mol. The normalized spacial score (nSPS) is 9.42. The summed E-state index contributed by atoms with van der Waals surface area (Å²) in [6, 6.07) is 0. The van der Waals surface area contributed by atoms with E-state index in [9.17, 15) is 20.1 Å². The van der Waals surface area contributed by atoms with Crippen LogP contribution in [0.15, 0.2) is 0 Å². The van der Waals surface area contributed by atoms with Crippen molar-refractivity contribution >= 4 is 5.97 Å². The quantitative estimate of drug-likeness (QED) is 0.433. The lowest BCUT2D eigenvalue weighted by molar-refractivity contribution is 0.0503. The number of ether oxygens (including phenoxy) is 1. The number of phenolic OH excluding ortho intramolecular Hbond substituents is 3. The summed E-state index contributed by atoms with van der Waals surface area (Å²) < 4.78 is 4.88. The van der Waals surface area contributed by atoms with Gasteiger partial charge in [0.05, 0.1) is 23.3 Å². The lowest BCUT2D eigenvalue weighted by atomic mass is 9.98. The number of phenols is 3. The van der Waals surface area contributed by atoms with Gasteiger partial charge in [0.25, 0.3) is 0 Å². The Labute approximate surface area is 110 Å². The second-order valence-electron chi connectivity index (χ2n) is 3.60. The van der Waals surface area contributed by atoms with E-state index >= 15 is 0 Å². The summed E-state index contributed by atoms with van der Waals surface area (Å²) in [7, 11) is 0. The average Bonchev–Trinajstić information content (AvgIpc) is 2.41. The Kier molecular flexibility index (Phi) is 4.28. The fourth-order valence-electron chi connectivity index (χ4n) is 1.46. The molecule has 0 heterocycles. The maximum absolute atomic E-state index is 11.9. The Morgan fingerprint density at radius 2 is 1.58 bits per heavy atom. The van der Waals surface area contributed by atoms with Crippen LogP contribution in [0.4, 0.5) is 0 Å². The molecule has 0 aliphatic rings. The van der Waals surface area contributed by atoms with Crippen molar-refractivity contribution < 1.29 is 24.9 Å². The molecule has 5 heteroatoms. The largest absolute Gasteiger partial charge is 0.503 e. The molecule has 98 valence electrons. The van der Waals surface area contributed by atoms with Gasteiger partial charge in [0.1, 0.15) is 0 Å². The molecule has 0 amide bonds. The minimum atomic E-state index is -0.868. The summed E-state index contributed by atoms with van der Waals surface area (Å²) in [5, 5.41) is 28.7. The van der Waals surface area contributed by atoms with E-state index in [-0.39, 0.29) is 23.3 Å². The van der Waals surface area contributed by atoms with E-state index in [1.165, 1.54) is 0 Å².